The Morgan fingerprint density at radius 3 is 2.70 bits per heavy atom. The topological polar surface area (TPSA) is 105 Å². The number of amides is 4. The molecule has 27 heavy (non-hydrogen) atoms. The number of halogens is 1. The summed E-state index contributed by atoms with van der Waals surface area (Å²) in [6.07, 6.45) is 2.95. The highest BCUT2D eigenvalue weighted by atomic mass is 79.9. The van der Waals surface area contributed by atoms with Gasteiger partial charge in [-0.25, -0.2) is 4.79 Å². The molecule has 1 saturated heterocycles. The van der Waals surface area contributed by atoms with Crippen molar-refractivity contribution in [1.29, 1.82) is 0 Å². The largest absolute Gasteiger partial charge is 0.494 e. The number of methoxy groups -OCH3 is 1. The average Bonchev–Trinajstić information content (AvgIpc) is 3.38. The van der Waals surface area contributed by atoms with Crippen LogP contribution < -0.4 is 20.9 Å². The molecule has 0 radical (unpaired) electrons. The van der Waals surface area contributed by atoms with Gasteiger partial charge in [0.25, 0.3) is 0 Å². The van der Waals surface area contributed by atoms with Crippen LogP contribution in [0.2, 0.25) is 0 Å². The van der Waals surface area contributed by atoms with Gasteiger partial charge in [0.05, 0.1) is 7.11 Å². The smallest absolute Gasteiger partial charge is 0.338 e. The van der Waals surface area contributed by atoms with E-state index >= 15 is 0 Å². The van der Waals surface area contributed by atoms with Crippen molar-refractivity contribution in [2.24, 2.45) is 17.6 Å². The molecule has 1 aromatic rings. The summed E-state index contributed by atoms with van der Waals surface area (Å²) in [5.74, 6) is 0.536. The Labute approximate surface area is 166 Å². The highest BCUT2D eigenvalue weighted by Gasteiger charge is 2.37. The molecule has 8 nitrogen and oxygen atoms in total. The molecule has 0 spiro atoms. The molecule has 3 N–H and O–H groups in total. The number of nitrogens with one attached hydrogen (secondary N) is 1. The second-order valence-electron chi connectivity index (χ2n) is 6.94. The maximum Gasteiger partial charge on any atom is 0.338 e. The number of likely N-dealkylation sites (tertiary alicyclic amines) is 1. The van der Waals surface area contributed by atoms with Crippen molar-refractivity contribution < 1.29 is 19.1 Å². The number of benzene rings is 1. The van der Waals surface area contributed by atoms with Crippen molar-refractivity contribution in [3.63, 3.8) is 0 Å². The Hall–Kier alpha value is -2.29. The Morgan fingerprint density at radius 1 is 1.33 bits per heavy atom. The first-order chi connectivity index (χ1) is 12.9. The number of rotatable bonds is 5. The lowest BCUT2D eigenvalue weighted by molar-refractivity contribution is -0.132. The van der Waals surface area contributed by atoms with E-state index in [1.165, 1.54) is 7.11 Å². The zero-order chi connectivity index (χ0) is 19.6. The van der Waals surface area contributed by atoms with E-state index in [1.807, 2.05) is 4.90 Å². The van der Waals surface area contributed by atoms with Gasteiger partial charge in [-0.1, -0.05) is 15.9 Å². The van der Waals surface area contributed by atoms with E-state index < -0.39 is 6.03 Å². The van der Waals surface area contributed by atoms with E-state index in [4.69, 9.17) is 10.5 Å². The lowest BCUT2D eigenvalue weighted by Crippen LogP contribution is -2.49. The lowest BCUT2D eigenvalue weighted by Gasteiger charge is -2.24. The molecule has 2 aliphatic rings. The van der Waals surface area contributed by atoms with Gasteiger partial charge in [0, 0.05) is 29.9 Å². The maximum absolute atomic E-state index is 12.5. The summed E-state index contributed by atoms with van der Waals surface area (Å²) in [4.78, 5) is 38.3. The highest BCUT2D eigenvalue weighted by molar-refractivity contribution is 9.10. The van der Waals surface area contributed by atoms with Crippen LogP contribution in [0.25, 0.3) is 0 Å². The van der Waals surface area contributed by atoms with Gasteiger partial charge in [-0.2, -0.15) is 5.01 Å². The van der Waals surface area contributed by atoms with E-state index in [1.54, 1.807) is 18.2 Å². The number of carbonyl (C=O) groups excluding carboxylic acids is 3. The van der Waals surface area contributed by atoms with E-state index in [0.29, 0.717) is 24.5 Å². The highest BCUT2D eigenvalue weighted by Crippen LogP contribution is 2.33. The summed E-state index contributed by atoms with van der Waals surface area (Å²) in [6, 6.07) is 4.20. The van der Waals surface area contributed by atoms with Crippen LogP contribution in [0.1, 0.15) is 25.7 Å². The van der Waals surface area contributed by atoms with Gasteiger partial charge in [-0.05, 0) is 43.4 Å². The number of hydrazine groups is 1. The molecule has 146 valence electrons. The predicted molar refractivity (Wildman–Crippen MR) is 103 cm³/mol. The Balaban J connectivity index is 1.61. The molecule has 0 unspecified atom stereocenters. The van der Waals surface area contributed by atoms with Crippen LogP contribution >= 0.6 is 15.9 Å². The molecule has 1 aliphatic carbocycles. The molecule has 1 saturated carbocycles. The SMILES string of the molecule is COc1cc(Br)ccc1N(NC(=O)C[C@@H]1CCN(C(=O)C2CC2)C1)C(N)=O. The van der Waals surface area contributed by atoms with Crippen molar-refractivity contribution in [1.82, 2.24) is 10.3 Å². The van der Waals surface area contributed by atoms with E-state index in [-0.39, 0.29) is 30.1 Å². The molecule has 1 atom stereocenters. The van der Waals surface area contributed by atoms with Crippen LogP contribution in [-0.2, 0) is 9.59 Å². The van der Waals surface area contributed by atoms with Crippen LogP contribution in [0, 0.1) is 11.8 Å². The fourth-order valence-corrected chi connectivity index (χ4v) is 3.63. The first-order valence-electron chi connectivity index (χ1n) is 8.90. The van der Waals surface area contributed by atoms with Gasteiger partial charge in [0.15, 0.2) is 0 Å². The van der Waals surface area contributed by atoms with Crippen LogP contribution in [0.15, 0.2) is 22.7 Å². The molecular weight excluding hydrogens is 416 g/mol. The van der Waals surface area contributed by atoms with Crippen LogP contribution in [0.5, 0.6) is 5.75 Å². The molecule has 1 heterocycles. The van der Waals surface area contributed by atoms with Crippen molar-refractivity contribution in [3.05, 3.63) is 22.7 Å². The second-order valence-corrected chi connectivity index (χ2v) is 7.86. The fourth-order valence-electron chi connectivity index (χ4n) is 3.29. The number of carbonyl (C=O) groups is 3. The van der Waals surface area contributed by atoms with E-state index in [0.717, 1.165) is 28.7 Å². The van der Waals surface area contributed by atoms with Gasteiger partial charge in [-0.15, -0.1) is 0 Å². The van der Waals surface area contributed by atoms with Crippen LogP contribution in [0.4, 0.5) is 10.5 Å². The van der Waals surface area contributed by atoms with Gasteiger partial charge in [0.2, 0.25) is 11.8 Å². The Kier molecular flexibility index (Phi) is 5.88. The summed E-state index contributed by atoms with van der Waals surface area (Å²) in [6.45, 7) is 1.27. The maximum atomic E-state index is 12.5. The summed E-state index contributed by atoms with van der Waals surface area (Å²) < 4.78 is 6.03. The molecule has 3 rings (SSSR count). The first kappa shape index (κ1) is 19.5. The number of ether oxygens (including phenoxy) is 1. The van der Waals surface area contributed by atoms with E-state index in [2.05, 4.69) is 21.4 Å². The molecule has 2 fully saturated rings. The molecule has 4 amide bonds. The minimum Gasteiger partial charge on any atom is -0.494 e. The van der Waals surface area contributed by atoms with E-state index in [9.17, 15) is 14.4 Å². The third kappa shape index (κ3) is 4.71. The summed E-state index contributed by atoms with van der Waals surface area (Å²) in [5.41, 5.74) is 8.34. The third-order valence-electron chi connectivity index (χ3n) is 4.84. The summed E-state index contributed by atoms with van der Waals surface area (Å²) in [5, 5.41) is 0.982. The summed E-state index contributed by atoms with van der Waals surface area (Å²) in [7, 11) is 1.47. The fraction of sp³-hybridized carbons (Fsp3) is 0.500. The number of hydrogen-bond acceptors (Lipinski definition) is 4. The quantitative estimate of drug-likeness (QED) is 0.685. The number of hydrogen-bond donors (Lipinski definition) is 2. The monoisotopic (exact) mass is 438 g/mol. The molecule has 1 aromatic carbocycles. The number of primary amides is 1. The van der Waals surface area contributed by atoms with Crippen LogP contribution in [-0.4, -0.2) is 42.9 Å². The van der Waals surface area contributed by atoms with Gasteiger partial charge in [-0.3, -0.25) is 15.0 Å². The minimum atomic E-state index is -0.819. The number of urea groups is 1. The van der Waals surface area contributed by atoms with Gasteiger partial charge >= 0.3 is 6.03 Å². The van der Waals surface area contributed by atoms with Crippen LogP contribution in [0.3, 0.4) is 0 Å². The second kappa shape index (κ2) is 8.16. The van der Waals surface area contributed by atoms with Crippen molar-refractivity contribution in [2.75, 3.05) is 25.2 Å². The number of nitrogens with zero attached hydrogens (tertiary/aromatic N) is 2. The molecular formula is C18H23BrN4O4. The molecule has 1 aliphatic heterocycles. The first-order valence-corrected chi connectivity index (χ1v) is 9.69. The van der Waals surface area contributed by atoms with Gasteiger partial charge < -0.3 is 15.4 Å². The number of anilines is 1. The predicted octanol–water partition coefficient (Wildman–Crippen LogP) is 2.02. The summed E-state index contributed by atoms with van der Waals surface area (Å²) >= 11 is 3.33. The molecule has 0 aromatic heterocycles. The normalized spacial score (nSPS) is 18.9. The Bertz CT molecular complexity index is 753. The van der Waals surface area contributed by atoms with Crippen molar-refractivity contribution >= 4 is 39.5 Å². The lowest BCUT2D eigenvalue weighted by atomic mass is 10.1. The average molecular weight is 439 g/mol. The standard InChI is InChI=1S/C18H23BrN4O4/c1-27-15-9-13(19)4-5-14(15)23(18(20)26)21-16(24)8-11-6-7-22(10-11)17(25)12-2-3-12/h4-5,9,11-12H,2-3,6-8,10H2,1H3,(H2,20,26)(H,21,24)/t11-/m0/s1. The minimum absolute atomic E-state index is 0.0780. The Morgan fingerprint density at radius 2 is 2.07 bits per heavy atom. The van der Waals surface area contributed by atoms with Gasteiger partial charge in [0.1, 0.15) is 11.4 Å². The zero-order valence-electron chi connectivity index (χ0n) is 15.1. The number of nitrogens with two attached hydrogens (primary N) is 1. The van der Waals surface area contributed by atoms with Crippen molar-refractivity contribution in [2.45, 2.75) is 25.7 Å². The van der Waals surface area contributed by atoms with Crippen molar-refractivity contribution in [3.8, 4) is 5.75 Å². The molecule has 9 heteroatoms. The zero-order valence-corrected chi connectivity index (χ0v) is 16.7. The molecule has 0 bridgehead atoms. The third-order valence-corrected chi connectivity index (χ3v) is 5.33.